The molecule has 1 saturated carbocycles. The second kappa shape index (κ2) is 5.36. The maximum atomic E-state index is 14.0. The van der Waals surface area contributed by atoms with Gasteiger partial charge in [0, 0.05) is 5.41 Å². The van der Waals surface area contributed by atoms with Crippen LogP contribution in [0.3, 0.4) is 0 Å². The lowest BCUT2D eigenvalue weighted by molar-refractivity contribution is -0.130. The first kappa shape index (κ1) is 14.5. The number of hydrogen-bond donors (Lipinski definition) is 1. The zero-order valence-corrected chi connectivity index (χ0v) is 11.7. The monoisotopic (exact) mass is 243 g/mol. The minimum atomic E-state index is -0.887. The summed E-state index contributed by atoms with van der Waals surface area (Å²) in [5, 5.41) is 2.85. The highest BCUT2D eigenvalue weighted by atomic mass is 19.1. The van der Waals surface area contributed by atoms with Crippen molar-refractivity contribution in [1.82, 2.24) is 5.32 Å². The summed E-state index contributed by atoms with van der Waals surface area (Å²) < 4.78 is 14.0. The van der Waals surface area contributed by atoms with Crippen molar-refractivity contribution in [3.8, 4) is 0 Å². The molecule has 0 radical (unpaired) electrons. The first-order valence-corrected chi connectivity index (χ1v) is 6.67. The van der Waals surface area contributed by atoms with Gasteiger partial charge in [-0.25, -0.2) is 4.39 Å². The highest BCUT2D eigenvalue weighted by molar-refractivity contribution is 5.81. The summed E-state index contributed by atoms with van der Waals surface area (Å²) in [5.74, 6) is 0.952. The molecule has 1 fully saturated rings. The number of nitrogens with one attached hydrogen (secondary N) is 1. The molecule has 0 aromatic carbocycles. The molecular formula is C14H26FNO. The lowest BCUT2D eigenvalue weighted by Crippen LogP contribution is -2.49. The summed E-state index contributed by atoms with van der Waals surface area (Å²) >= 11 is 0. The molecule has 2 nitrogen and oxygen atoms in total. The summed E-state index contributed by atoms with van der Waals surface area (Å²) in [5.41, 5.74) is -0.436. The van der Waals surface area contributed by atoms with Gasteiger partial charge in [0.05, 0.1) is 6.04 Å². The lowest BCUT2D eigenvalue weighted by atomic mass is 9.78. The second-order valence-electron chi connectivity index (χ2n) is 6.66. The molecule has 1 aliphatic rings. The molecule has 0 aliphatic heterocycles. The summed E-state index contributed by atoms with van der Waals surface area (Å²) in [6, 6.07) is -0.281. The van der Waals surface area contributed by atoms with Gasteiger partial charge in [-0.05, 0) is 31.1 Å². The number of hydrogen-bond acceptors (Lipinski definition) is 1. The fourth-order valence-corrected chi connectivity index (χ4v) is 2.30. The normalized spacial score (nSPS) is 30.4. The molecule has 3 atom stereocenters. The fraction of sp³-hybridized carbons (Fsp3) is 0.929. The topological polar surface area (TPSA) is 29.1 Å². The van der Waals surface area contributed by atoms with E-state index in [-0.39, 0.29) is 11.9 Å². The van der Waals surface area contributed by atoms with Gasteiger partial charge in [0.15, 0.2) is 0 Å². The summed E-state index contributed by atoms with van der Waals surface area (Å²) in [4.78, 5) is 11.8. The predicted octanol–water partition coefficient (Wildman–Crippen LogP) is 3.31. The SMILES string of the molecule is CC(C)[C@H]1CC[C@@H](NC(=O)C(C)(C)C)[C@@H](F)C1. The van der Waals surface area contributed by atoms with Crippen LogP contribution < -0.4 is 5.32 Å². The Balaban J connectivity index is 2.51. The van der Waals surface area contributed by atoms with Gasteiger partial charge in [-0.1, -0.05) is 34.6 Å². The Morgan fingerprint density at radius 3 is 2.29 bits per heavy atom. The van der Waals surface area contributed by atoms with E-state index in [1.54, 1.807) is 0 Å². The van der Waals surface area contributed by atoms with Gasteiger partial charge in [0.1, 0.15) is 6.17 Å². The third-order valence-electron chi connectivity index (χ3n) is 3.75. The number of halogens is 1. The average Bonchev–Trinajstić information content (AvgIpc) is 2.19. The second-order valence-corrected chi connectivity index (χ2v) is 6.66. The van der Waals surface area contributed by atoms with Crippen LogP contribution in [0.5, 0.6) is 0 Å². The van der Waals surface area contributed by atoms with Crippen molar-refractivity contribution in [2.24, 2.45) is 17.3 Å². The number of carbonyl (C=O) groups is 1. The Hall–Kier alpha value is -0.600. The van der Waals surface area contributed by atoms with Gasteiger partial charge >= 0.3 is 0 Å². The molecule has 0 bridgehead atoms. The Morgan fingerprint density at radius 2 is 1.88 bits per heavy atom. The molecule has 1 amide bonds. The van der Waals surface area contributed by atoms with Gasteiger partial charge < -0.3 is 5.32 Å². The highest BCUT2D eigenvalue weighted by Crippen LogP contribution is 2.32. The summed E-state index contributed by atoms with van der Waals surface area (Å²) in [6.45, 7) is 9.86. The van der Waals surface area contributed by atoms with E-state index in [4.69, 9.17) is 0 Å². The van der Waals surface area contributed by atoms with Crippen molar-refractivity contribution in [2.45, 2.75) is 66.1 Å². The maximum absolute atomic E-state index is 14.0. The predicted molar refractivity (Wildman–Crippen MR) is 68.5 cm³/mol. The smallest absolute Gasteiger partial charge is 0.225 e. The standard InChI is InChI=1S/C14H26FNO/c1-9(2)10-6-7-12(11(15)8-10)16-13(17)14(3,4)5/h9-12H,6-8H2,1-5H3,(H,16,17)/t10-,11-,12+/m0/s1. The number of carbonyl (C=O) groups excluding carboxylic acids is 1. The van der Waals surface area contributed by atoms with E-state index >= 15 is 0 Å². The van der Waals surface area contributed by atoms with Gasteiger partial charge in [0.25, 0.3) is 0 Å². The van der Waals surface area contributed by atoms with E-state index in [0.717, 1.165) is 12.8 Å². The van der Waals surface area contributed by atoms with Crippen LogP contribution in [-0.4, -0.2) is 18.1 Å². The molecule has 0 aromatic heterocycles. The third kappa shape index (κ3) is 3.97. The van der Waals surface area contributed by atoms with Crippen LogP contribution in [0.1, 0.15) is 53.9 Å². The van der Waals surface area contributed by atoms with Crippen molar-refractivity contribution < 1.29 is 9.18 Å². The molecular weight excluding hydrogens is 217 g/mol. The van der Waals surface area contributed by atoms with E-state index in [1.165, 1.54) is 0 Å². The van der Waals surface area contributed by atoms with E-state index in [9.17, 15) is 9.18 Å². The summed E-state index contributed by atoms with van der Waals surface area (Å²) in [7, 11) is 0. The van der Waals surface area contributed by atoms with Crippen LogP contribution in [0.2, 0.25) is 0 Å². The van der Waals surface area contributed by atoms with Crippen molar-refractivity contribution in [3.63, 3.8) is 0 Å². The number of amides is 1. The first-order valence-electron chi connectivity index (χ1n) is 6.67. The Labute approximate surface area is 104 Å². The van der Waals surface area contributed by atoms with Crippen molar-refractivity contribution in [3.05, 3.63) is 0 Å². The van der Waals surface area contributed by atoms with Crippen molar-refractivity contribution in [2.75, 3.05) is 0 Å². The molecule has 0 aromatic rings. The molecule has 0 heterocycles. The average molecular weight is 243 g/mol. The molecule has 1 N–H and O–H groups in total. The number of rotatable bonds is 2. The maximum Gasteiger partial charge on any atom is 0.225 e. The molecule has 0 saturated heterocycles. The van der Waals surface area contributed by atoms with Crippen LogP contribution in [0, 0.1) is 17.3 Å². The van der Waals surface area contributed by atoms with Crippen LogP contribution in [-0.2, 0) is 4.79 Å². The minimum absolute atomic E-state index is 0.0480. The molecule has 0 unspecified atom stereocenters. The van der Waals surface area contributed by atoms with E-state index in [2.05, 4.69) is 19.2 Å². The molecule has 1 rings (SSSR count). The summed E-state index contributed by atoms with van der Waals surface area (Å²) in [6.07, 6.45) is 1.49. The van der Waals surface area contributed by atoms with Crippen LogP contribution in [0.25, 0.3) is 0 Å². The Kier molecular flexibility index (Phi) is 4.56. The number of alkyl halides is 1. The zero-order chi connectivity index (χ0) is 13.2. The van der Waals surface area contributed by atoms with Gasteiger partial charge in [-0.15, -0.1) is 0 Å². The van der Waals surface area contributed by atoms with Crippen LogP contribution in [0.15, 0.2) is 0 Å². The van der Waals surface area contributed by atoms with E-state index in [0.29, 0.717) is 18.3 Å². The molecule has 1 aliphatic carbocycles. The molecule has 17 heavy (non-hydrogen) atoms. The third-order valence-corrected chi connectivity index (χ3v) is 3.75. The van der Waals surface area contributed by atoms with Crippen LogP contribution >= 0.6 is 0 Å². The fourth-order valence-electron chi connectivity index (χ4n) is 2.30. The molecule has 100 valence electrons. The van der Waals surface area contributed by atoms with Crippen molar-refractivity contribution in [1.29, 1.82) is 0 Å². The quantitative estimate of drug-likeness (QED) is 0.792. The Morgan fingerprint density at radius 1 is 1.29 bits per heavy atom. The largest absolute Gasteiger partial charge is 0.350 e. The lowest BCUT2D eigenvalue weighted by Gasteiger charge is -2.35. The molecule has 3 heteroatoms. The van der Waals surface area contributed by atoms with Crippen LogP contribution in [0.4, 0.5) is 4.39 Å². The highest BCUT2D eigenvalue weighted by Gasteiger charge is 2.34. The molecule has 0 spiro atoms. The Bertz CT molecular complexity index is 270. The van der Waals surface area contributed by atoms with E-state index in [1.807, 2.05) is 20.8 Å². The zero-order valence-electron chi connectivity index (χ0n) is 11.7. The minimum Gasteiger partial charge on any atom is -0.350 e. The first-order chi connectivity index (χ1) is 7.71. The van der Waals surface area contributed by atoms with Gasteiger partial charge in [0.2, 0.25) is 5.91 Å². The van der Waals surface area contributed by atoms with Gasteiger partial charge in [-0.3, -0.25) is 4.79 Å². The van der Waals surface area contributed by atoms with E-state index < -0.39 is 11.6 Å². The van der Waals surface area contributed by atoms with Gasteiger partial charge in [-0.2, -0.15) is 0 Å². The van der Waals surface area contributed by atoms with Crippen molar-refractivity contribution >= 4 is 5.91 Å².